The molecule has 1 saturated heterocycles. The Kier molecular flexibility index (Phi) is 2.65. The van der Waals surface area contributed by atoms with Crippen LogP contribution in [0.5, 0.6) is 0 Å². The molecular weight excluding hydrogens is 130 g/mol. The van der Waals surface area contributed by atoms with Gasteiger partial charge >= 0.3 is 0 Å². The highest BCUT2D eigenvalue weighted by Gasteiger charge is 2.25. The fourth-order valence-electron chi connectivity index (χ4n) is 1.33. The van der Waals surface area contributed by atoms with E-state index < -0.39 is 6.29 Å². The van der Waals surface area contributed by atoms with E-state index in [0.717, 1.165) is 6.42 Å². The van der Waals surface area contributed by atoms with E-state index in [1.165, 1.54) is 0 Å². The minimum atomic E-state index is -0.792. The minimum absolute atomic E-state index is 0.0706. The largest absolute Gasteiger partial charge is 0.345 e. The summed E-state index contributed by atoms with van der Waals surface area (Å²) in [6.45, 7) is 1.94. The third-order valence-corrected chi connectivity index (χ3v) is 2.02. The lowest BCUT2D eigenvalue weighted by Crippen LogP contribution is -2.43. The van der Waals surface area contributed by atoms with Crippen molar-refractivity contribution in [2.24, 2.45) is 0 Å². The molecule has 0 aromatic heterocycles. The van der Waals surface area contributed by atoms with Gasteiger partial charge in [0.1, 0.15) is 0 Å². The predicted molar refractivity (Wildman–Crippen MR) is 37.1 cm³/mol. The Bertz CT molecular complexity index is 108. The van der Waals surface area contributed by atoms with Crippen molar-refractivity contribution in [3.05, 3.63) is 0 Å². The molecule has 1 fully saturated rings. The Balaban J connectivity index is 2.36. The highest BCUT2D eigenvalue weighted by Crippen LogP contribution is 2.17. The van der Waals surface area contributed by atoms with Crippen molar-refractivity contribution in [2.45, 2.75) is 38.2 Å². The predicted octanol–water partition coefficient (Wildman–Crippen LogP) is 0.530. The van der Waals surface area contributed by atoms with E-state index in [9.17, 15) is 5.11 Å². The van der Waals surface area contributed by atoms with Crippen LogP contribution >= 0.6 is 0 Å². The average Bonchev–Trinajstić information content (AvgIpc) is 1.88. The summed E-state index contributed by atoms with van der Waals surface area (Å²) in [5.74, 6) is 0. The molecule has 0 bridgehead atoms. The monoisotopic (exact) mass is 144 g/mol. The minimum Gasteiger partial charge on any atom is -0.345 e. The van der Waals surface area contributed by atoms with Crippen LogP contribution in [0.2, 0.25) is 0 Å². The van der Waals surface area contributed by atoms with Crippen molar-refractivity contribution < 1.29 is 9.84 Å². The number of nitrogens with one attached hydrogen (secondary N) is 1. The molecule has 0 aliphatic carbocycles. The highest BCUT2D eigenvalue weighted by molar-refractivity contribution is 4.76. The number of likely N-dealkylation sites (N-methyl/N-ethyl adjacent to an activating group) is 1. The second-order valence-electron chi connectivity index (χ2n) is 2.74. The van der Waals surface area contributed by atoms with Gasteiger partial charge in [-0.3, -0.25) is 0 Å². The zero-order chi connectivity index (χ0) is 7.56. The van der Waals surface area contributed by atoms with Gasteiger partial charge in [0.2, 0.25) is 0 Å². The van der Waals surface area contributed by atoms with Gasteiger partial charge in [-0.1, -0.05) is 0 Å². The van der Waals surface area contributed by atoms with Crippen molar-refractivity contribution in [1.82, 2.24) is 5.32 Å². The standard InChI is InChI=1S/C7H14NO2/c1-5-6(8-2)3-4-7(9)10-5/h5-8H,3-4H2,1-2H3/t5-,6+,7-/m1/s1. The fraction of sp³-hybridized carbons (Fsp3) is 1.00. The van der Waals surface area contributed by atoms with E-state index in [4.69, 9.17) is 4.74 Å². The Morgan fingerprint density at radius 2 is 2.20 bits per heavy atom. The summed E-state index contributed by atoms with van der Waals surface area (Å²) in [4.78, 5) is 0. The summed E-state index contributed by atoms with van der Waals surface area (Å²) in [5, 5.41) is 13.9. The van der Waals surface area contributed by atoms with Crippen LogP contribution in [-0.4, -0.2) is 25.5 Å². The normalized spacial score (nSPS) is 41.7. The van der Waals surface area contributed by atoms with Gasteiger partial charge in [-0.15, -0.1) is 0 Å². The van der Waals surface area contributed by atoms with Crippen LogP contribution < -0.4 is 5.32 Å². The third-order valence-electron chi connectivity index (χ3n) is 2.02. The molecule has 59 valence electrons. The lowest BCUT2D eigenvalue weighted by molar-refractivity contribution is -0.196. The smallest absolute Gasteiger partial charge is 0.191 e. The first kappa shape index (κ1) is 7.98. The van der Waals surface area contributed by atoms with Gasteiger partial charge in [0.25, 0.3) is 0 Å². The maximum atomic E-state index is 10.8. The van der Waals surface area contributed by atoms with Crippen molar-refractivity contribution in [3.8, 4) is 0 Å². The first-order valence-corrected chi connectivity index (χ1v) is 3.72. The maximum absolute atomic E-state index is 10.8. The van der Waals surface area contributed by atoms with Gasteiger partial charge in [0.15, 0.2) is 6.29 Å². The zero-order valence-corrected chi connectivity index (χ0v) is 6.46. The van der Waals surface area contributed by atoms with Gasteiger partial charge < -0.3 is 10.1 Å². The van der Waals surface area contributed by atoms with Crippen LogP contribution in [-0.2, 0) is 9.84 Å². The Morgan fingerprint density at radius 1 is 1.50 bits per heavy atom. The van der Waals surface area contributed by atoms with Gasteiger partial charge in [-0.2, -0.15) is 0 Å². The summed E-state index contributed by atoms with van der Waals surface area (Å²) in [5.41, 5.74) is 0. The Morgan fingerprint density at radius 3 is 2.70 bits per heavy atom. The number of ether oxygens (including phenoxy) is 1. The Labute approximate surface area is 61.4 Å². The van der Waals surface area contributed by atoms with Gasteiger partial charge in [0, 0.05) is 12.5 Å². The van der Waals surface area contributed by atoms with Crippen molar-refractivity contribution >= 4 is 0 Å². The van der Waals surface area contributed by atoms with Crippen molar-refractivity contribution in [1.29, 1.82) is 0 Å². The molecule has 0 unspecified atom stereocenters. The van der Waals surface area contributed by atoms with Crippen LogP contribution in [0.4, 0.5) is 0 Å². The molecule has 1 aliphatic heterocycles. The van der Waals surface area contributed by atoms with E-state index in [-0.39, 0.29) is 6.10 Å². The van der Waals surface area contributed by atoms with E-state index in [1.807, 2.05) is 14.0 Å². The SMILES string of the molecule is CN[C@H]1CC[C@H]([O])O[C@@H]1C. The van der Waals surface area contributed by atoms with E-state index in [0.29, 0.717) is 12.5 Å². The number of hydrogen-bond acceptors (Lipinski definition) is 2. The van der Waals surface area contributed by atoms with Gasteiger partial charge in [0.05, 0.1) is 6.10 Å². The molecule has 0 aromatic carbocycles. The average molecular weight is 144 g/mol. The molecule has 1 radical (unpaired) electrons. The fourth-order valence-corrected chi connectivity index (χ4v) is 1.33. The molecule has 3 heteroatoms. The summed E-state index contributed by atoms with van der Waals surface area (Å²) >= 11 is 0. The van der Waals surface area contributed by atoms with Crippen molar-refractivity contribution in [3.63, 3.8) is 0 Å². The molecule has 0 saturated carbocycles. The molecule has 1 aliphatic rings. The second-order valence-corrected chi connectivity index (χ2v) is 2.74. The van der Waals surface area contributed by atoms with Crippen LogP contribution in [0.3, 0.4) is 0 Å². The third kappa shape index (κ3) is 1.68. The molecule has 1 rings (SSSR count). The van der Waals surface area contributed by atoms with Crippen LogP contribution in [0, 0.1) is 0 Å². The van der Waals surface area contributed by atoms with Gasteiger partial charge in [-0.05, 0) is 20.4 Å². The number of hydrogen-bond donors (Lipinski definition) is 1. The van der Waals surface area contributed by atoms with Crippen LogP contribution in [0.1, 0.15) is 19.8 Å². The molecule has 1 N–H and O–H groups in total. The quantitative estimate of drug-likeness (QED) is 0.583. The molecule has 0 aromatic rings. The summed E-state index contributed by atoms with van der Waals surface area (Å²) < 4.78 is 5.07. The van der Waals surface area contributed by atoms with E-state index >= 15 is 0 Å². The molecular formula is C7H14NO2. The van der Waals surface area contributed by atoms with Crippen molar-refractivity contribution in [2.75, 3.05) is 7.05 Å². The van der Waals surface area contributed by atoms with Crippen LogP contribution in [0.25, 0.3) is 0 Å². The number of rotatable bonds is 1. The first-order valence-electron chi connectivity index (χ1n) is 3.72. The zero-order valence-electron chi connectivity index (χ0n) is 6.46. The summed E-state index contributed by atoms with van der Waals surface area (Å²) in [6, 6.07) is 0.366. The molecule has 0 spiro atoms. The molecule has 1 heterocycles. The molecule has 3 atom stereocenters. The van der Waals surface area contributed by atoms with E-state index in [1.54, 1.807) is 0 Å². The molecule has 0 amide bonds. The summed E-state index contributed by atoms with van der Waals surface area (Å²) in [6.07, 6.45) is 0.850. The Hall–Kier alpha value is -0.120. The lowest BCUT2D eigenvalue weighted by atomic mass is 10.0. The maximum Gasteiger partial charge on any atom is 0.191 e. The summed E-state index contributed by atoms with van der Waals surface area (Å²) in [7, 11) is 1.90. The second kappa shape index (κ2) is 3.32. The van der Waals surface area contributed by atoms with Crippen LogP contribution in [0.15, 0.2) is 0 Å². The highest BCUT2D eigenvalue weighted by atomic mass is 16.6. The topological polar surface area (TPSA) is 41.2 Å². The lowest BCUT2D eigenvalue weighted by Gasteiger charge is -2.30. The molecule has 10 heavy (non-hydrogen) atoms. The van der Waals surface area contributed by atoms with Gasteiger partial charge in [-0.25, -0.2) is 5.11 Å². The van der Waals surface area contributed by atoms with E-state index in [2.05, 4.69) is 5.32 Å². The molecule has 3 nitrogen and oxygen atoms in total. The first-order chi connectivity index (χ1) is 4.74.